The van der Waals surface area contributed by atoms with Crippen LogP contribution in [0.5, 0.6) is 5.88 Å². The zero-order valence-corrected chi connectivity index (χ0v) is 12.6. The molecule has 0 aliphatic heterocycles. The van der Waals surface area contributed by atoms with Gasteiger partial charge in [-0.1, -0.05) is 19.3 Å². The molecule has 1 saturated carbocycles. The fourth-order valence-electron chi connectivity index (χ4n) is 2.77. The lowest BCUT2D eigenvalue weighted by Gasteiger charge is -2.22. The van der Waals surface area contributed by atoms with Gasteiger partial charge in [0.2, 0.25) is 5.88 Å². The van der Waals surface area contributed by atoms with Crippen molar-refractivity contribution in [2.24, 2.45) is 0 Å². The van der Waals surface area contributed by atoms with E-state index in [4.69, 9.17) is 0 Å². The van der Waals surface area contributed by atoms with Crippen LogP contribution in [0.3, 0.4) is 0 Å². The van der Waals surface area contributed by atoms with Crippen LogP contribution in [0.15, 0.2) is 10.2 Å². The fourth-order valence-corrected chi connectivity index (χ4v) is 3.63. The molecular formula is C14H17N3O3S. The lowest BCUT2D eigenvalue weighted by atomic mass is 9.95. The number of nitrogens with one attached hydrogen (secondary N) is 1. The van der Waals surface area contributed by atoms with E-state index in [9.17, 15) is 14.7 Å². The Morgan fingerprint density at radius 3 is 2.86 bits per heavy atom. The van der Waals surface area contributed by atoms with E-state index in [1.807, 2.05) is 0 Å². The predicted molar refractivity (Wildman–Crippen MR) is 80.1 cm³/mol. The molecule has 1 aliphatic carbocycles. The molecule has 6 nitrogen and oxygen atoms in total. The number of carbonyl (C=O) groups is 1. The van der Waals surface area contributed by atoms with Crippen molar-refractivity contribution in [3.8, 4) is 5.88 Å². The highest BCUT2D eigenvalue weighted by atomic mass is 32.1. The van der Waals surface area contributed by atoms with Gasteiger partial charge in [-0.15, -0.1) is 11.3 Å². The summed E-state index contributed by atoms with van der Waals surface area (Å²) in [6.07, 6.45) is 5.18. The summed E-state index contributed by atoms with van der Waals surface area (Å²) >= 11 is 1.26. The number of aryl methyl sites for hydroxylation is 1. The lowest BCUT2D eigenvalue weighted by Crippen LogP contribution is -2.39. The molecule has 21 heavy (non-hydrogen) atoms. The maximum absolute atomic E-state index is 12.4. The monoisotopic (exact) mass is 307 g/mol. The number of amides is 1. The molecule has 7 heteroatoms. The molecule has 0 atom stereocenters. The molecule has 2 aromatic heterocycles. The van der Waals surface area contributed by atoms with Crippen molar-refractivity contribution in [2.75, 3.05) is 0 Å². The van der Waals surface area contributed by atoms with Gasteiger partial charge in [0.25, 0.3) is 11.5 Å². The molecule has 0 aromatic carbocycles. The number of thiazole rings is 1. The minimum absolute atomic E-state index is 0.0781. The maximum atomic E-state index is 12.4. The van der Waals surface area contributed by atoms with Crippen molar-refractivity contribution in [1.29, 1.82) is 0 Å². The summed E-state index contributed by atoms with van der Waals surface area (Å²) < 4.78 is 1.36. The Labute approximate surface area is 125 Å². The Bertz CT molecular complexity index is 744. The van der Waals surface area contributed by atoms with Crippen molar-refractivity contribution in [2.45, 2.75) is 45.1 Å². The number of carbonyl (C=O) groups excluding carboxylic acids is 1. The van der Waals surface area contributed by atoms with Crippen molar-refractivity contribution >= 4 is 22.2 Å². The molecule has 0 saturated heterocycles. The molecule has 1 aliphatic rings. The molecule has 2 N–H and O–H groups in total. The predicted octanol–water partition coefficient (Wildman–Crippen LogP) is 1.83. The fraction of sp³-hybridized carbons (Fsp3) is 0.500. The summed E-state index contributed by atoms with van der Waals surface area (Å²) in [5.41, 5.74) is -0.0663. The zero-order chi connectivity index (χ0) is 15.0. The largest absolute Gasteiger partial charge is 0.492 e. The molecule has 0 radical (unpaired) electrons. The molecule has 0 bridgehead atoms. The summed E-state index contributed by atoms with van der Waals surface area (Å²) in [6, 6.07) is 0.0781. The van der Waals surface area contributed by atoms with Crippen molar-refractivity contribution in [3.63, 3.8) is 0 Å². The third kappa shape index (κ3) is 2.53. The van der Waals surface area contributed by atoms with Gasteiger partial charge in [-0.3, -0.25) is 14.0 Å². The number of aromatic nitrogens is 2. The van der Waals surface area contributed by atoms with Gasteiger partial charge in [0, 0.05) is 17.1 Å². The third-order valence-electron chi connectivity index (χ3n) is 3.89. The number of rotatable bonds is 2. The van der Waals surface area contributed by atoms with Gasteiger partial charge in [0.15, 0.2) is 10.5 Å². The van der Waals surface area contributed by atoms with E-state index in [0.29, 0.717) is 10.7 Å². The molecule has 112 valence electrons. The molecule has 3 rings (SSSR count). The first-order valence-corrected chi connectivity index (χ1v) is 7.96. The smallest absolute Gasteiger partial charge is 0.275 e. The van der Waals surface area contributed by atoms with E-state index in [1.165, 1.54) is 22.2 Å². The molecule has 1 fully saturated rings. The van der Waals surface area contributed by atoms with E-state index in [2.05, 4.69) is 10.3 Å². The van der Waals surface area contributed by atoms with E-state index in [-0.39, 0.29) is 11.6 Å². The van der Waals surface area contributed by atoms with Crippen molar-refractivity contribution < 1.29 is 9.90 Å². The van der Waals surface area contributed by atoms with Crippen molar-refractivity contribution in [3.05, 3.63) is 27.0 Å². The van der Waals surface area contributed by atoms with Crippen LogP contribution in [0.1, 0.15) is 48.2 Å². The van der Waals surface area contributed by atoms with Gasteiger partial charge in [-0.2, -0.15) is 4.98 Å². The van der Waals surface area contributed by atoms with Gasteiger partial charge in [-0.05, 0) is 19.8 Å². The number of nitrogens with zero attached hydrogens (tertiary/aromatic N) is 2. The molecule has 2 aromatic rings. The topological polar surface area (TPSA) is 83.7 Å². The van der Waals surface area contributed by atoms with Crippen molar-refractivity contribution in [1.82, 2.24) is 14.7 Å². The van der Waals surface area contributed by atoms with E-state index < -0.39 is 17.3 Å². The second-order valence-electron chi connectivity index (χ2n) is 5.42. The maximum Gasteiger partial charge on any atom is 0.275 e. The second-order valence-corrected chi connectivity index (χ2v) is 6.26. The number of hydrogen-bond acceptors (Lipinski definition) is 5. The Morgan fingerprint density at radius 2 is 2.14 bits per heavy atom. The minimum Gasteiger partial charge on any atom is -0.492 e. The average Bonchev–Trinajstić information content (AvgIpc) is 2.81. The number of aromatic hydroxyl groups is 1. The molecular weight excluding hydrogens is 290 g/mol. The number of fused-ring (bicyclic) bond motifs is 1. The van der Waals surface area contributed by atoms with E-state index >= 15 is 0 Å². The molecule has 0 unspecified atom stereocenters. The van der Waals surface area contributed by atoms with Gasteiger partial charge in [0.1, 0.15) is 0 Å². The van der Waals surface area contributed by atoms with Gasteiger partial charge in [0.05, 0.1) is 0 Å². The Morgan fingerprint density at radius 1 is 1.43 bits per heavy atom. The Balaban J connectivity index is 1.97. The van der Waals surface area contributed by atoms with Gasteiger partial charge >= 0.3 is 0 Å². The van der Waals surface area contributed by atoms with Crippen LogP contribution in [0.2, 0.25) is 0 Å². The van der Waals surface area contributed by atoms with Crippen LogP contribution in [-0.4, -0.2) is 26.4 Å². The summed E-state index contributed by atoms with van der Waals surface area (Å²) in [5.74, 6) is -1.02. The second kappa shape index (κ2) is 5.48. The van der Waals surface area contributed by atoms with E-state index in [1.54, 1.807) is 12.3 Å². The summed E-state index contributed by atoms with van der Waals surface area (Å²) in [7, 11) is 0. The first-order chi connectivity index (χ1) is 10.1. The highest BCUT2D eigenvalue weighted by molar-refractivity contribution is 7.15. The van der Waals surface area contributed by atoms with Crippen LogP contribution >= 0.6 is 11.3 Å². The highest BCUT2D eigenvalue weighted by Gasteiger charge is 2.24. The van der Waals surface area contributed by atoms with Gasteiger partial charge in [-0.25, -0.2) is 0 Å². The Kier molecular flexibility index (Phi) is 3.67. The van der Waals surface area contributed by atoms with Crippen LogP contribution < -0.4 is 10.9 Å². The van der Waals surface area contributed by atoms with Crippen LogP contribution in [0.4, 0.5) is 0 Å². The standard InChI is InChI=1S/C14H17N3O3S/c1-8-7-21-14-16-12(19)10(13(20)17(8)14)11(18)15-9-5-3-2-4-6-9/h7,9,19H,2-6H2,1H3,(H,15,18). The average molecular weight is 307 g/mol. The summed E-state index contributed by atoms with van der Waals surface area (Å²) in [5, 5.41) is 14.5. The lowest BCUT2D eigenvalue weighted by molar-refractivity contribution is 0.0922. The zero-order valence-electron chi connectivity index (χ0n) is 11.8. The van der Waals surface area contributed by atoms with Crippen LogP contribution in [0.25, 0.3) is 4.96 Å². The van der Waals surface area contributed by atoms with Crippen LogP contribution in [0, 0.1) is 6.92 Å². The quantitative estimate of drug-likeness (QED) is 0.886. The first kappa shape index (κ1) is 14.1. The summed E-state index contributed by atoms with van der Waals surface area (Å²) in [4.78, 5) is 29.1. The van der Waals surface area contributed by atoms with Gasteiger partial charge < -0.3 is 10.4 Å². The first-order valence-electron chi connectivity index (χ1n) is 7.08. The molecule has 2 heterocycles. The molecule has 1 amide bonds. The number of hydrogen-bond donors (Lipinski definition) is 2. The molecule has 0 spiro atoms. The summed E-state index contributed by atoms with van der Waals surface area (Å²) in [6.45, 7) is 1.77. The van der Waals surface area contributed by atoms with Crippen LogP contribution in [-0.2, 0) is 0 Å². The normalized spacial score (nSPS) is 16.2. The SMILES string of the molecule is Cc1csc2nc(O)c(C(=O)NC3CCCCC3)c(=O)n12. The minimum atomic E-state index is -0.531. The van der Waals surface area contributed by atoms with E-state index in [0.717, 1.165) is 25.7 Å². The third-order valence-corrected chi connectivity index (χ3v) is 4.83. The highest BCUT2D eigenvalue weighted by Crippen LogP contribution is 2.20. The Hall–Kier alpha value is -1.89.